The largest absolute Gasteiger partial charge is 0.497 e. The Balaban J connectivity index is 1.61. The maximum Gasteiger partial charge on any atom is 0.264 e. The highest BCUT2D eigenvalue weighted by Crippen LogP contribution is 2.33. The minimum absolute atomic E-state index is 0.494. The number of aromatic nitrogens is 4. The van der Waals surface area contributed by atoms with Gasteiger partial charge in [0.15, 0.2) is 11.4 Å². The minimum atomic E-state index is 0.494. The molecule has 0 radical (unpaired) electrons. The Kier molecular flexibility index (Phi) is 4.02. The molecule has 0 unspecified atom stereocenters. The molecule has 2 heterocycles. The number of hydrogen-bond donors (Lipinski definition) is 1. The predicted octanol–water partition coefficient (Wildman–Crippen LogP) is 3.78. The summed E-state index contributed by atoms with van der Waals surface area (Å²) in [5.74, 6) is 1.95. The van der Waals surface area contributed by atoms with Crippen molar-refractivity contribution in [1.29, 1.82) is 0 Å². The van der Waals surface area contributed by atoms with E-state index in [1.54, 1.807) is 20.3 Å². The van der Waals surface area contributed by atoms with E-state index in [1.165, 1.54) is 11.8 Å². The van der Waals surface area contributed by atoms with Crippen LogP contribution < -0.4 is 9.47 Å². The number of para-hydroxylation sites is 2. The van der Waals surface area contributed by atoms with Gasteiger partial charge in [0.1, 0.15) is 17.0 Å². The van der Waals surface area contributed by atoms with Crippen molar-refractivity contribution in [2.75, 3.05) is 14.2 Å². The van der Waals surface area contributed by atoms with Gasteiger partial charge in [-0.05, 0) is 24.3 Å². The number of hydrogen-bond acceptors (Lipinski definition) is 7. The second-order valence-electron chi connectivity index (χ2n) is 5.08. The van der Waals surface area contributed by atoms with E-state index in [1.807, 2.05) is 36.4 Å². The fraction of sp³-hybridized carbons (Fsp3) is 0.118. The topological polar surface area (TPSA) is 86.1 Å². The monoisotopic (exact) mass is 354 g/mol. The molecule has 0 aliphatic rings. The SMILES string of the molecule is COc1ccc(-c2nc(Sc3nc4ccccc4o3)n[nH]2)c(OC)c1. The quantitative estimate of drug-likeness (QED) is 0.583. The van der Waals surface area contributed by atoms with Crippen LogP contribution in [0.15, 0.2) is 57.3 Å². The molecule has 25 heavy (non-hydrogen) atoms. The molecule has 7 nitrogen and oxygen atoms in total. The zero-order valence-corrected chi connectivity index (χ0v) is 14.3. The molecule has 1 N–H and O–H groups in total. The van der Waals surface area contributed by atoms with Crippen LogP contribution in [0.2, 0.25) is 0 Å². The summed E-state index contributed by atoms with van der Waals surface area (Å²) >= 11 is 1.25. The van der Waals surface area contributed by atoms with Gasteiger partial charge in [-0.25, -0.2) is 9.97 Å². The number of nitrogens with zero attached hydrogens (tertiary/aromatic N) is 3. The van der Waals surface area contributed by atoms with Gasteiger partial charge < -0.3 is 13.9 Å². The predicted molar refractivity (Wildman–Crippen MR) is 93.1 cm³/mol. The molecule has 0 fully saturated rings. The minimum Gasteiger partial charge on any atom is -0.497 e. The standard InChI is InChI=1S/C17H14N4O3S/c1-22-10-7-8-11(14(9-10)23-2)15-19-16(21-20-15)25-17-18-12-5-3-4-6-13(12)24-17/h3-9H,1-2H3,(H,19,20,21). The molecule has 8 heteroatoms. The van der Waals surface area contributed by atoms with Gasteiger partial charge in [0.25, 0.3) is 5.22 Å². The zero-order chi connectivity index (χ0) is 17.2. The van der Waals surface area contributed by atoms with Crippen LogP contribution >= 0.6 is 11.8 Å². The molecule has 0 aliphatic carbocycles. The van der Waals surface area contributed by atoms with Crippen LogP contribution in [0.1, 0.15) is 0 Å². The molecule has 0 saturated heterocycles. The maximum atomic E-state index is 5.68. The number of H-pyrrole nitrogens is 1. The van der Waals surface area contributed by atoms with Crippen LogP contribution in [0.25, 0.3) is 22.5 Å². The van der Waals surface area contributed by atoms with Crippen LogP contribution in [-0.2, 0) is 0 Å². The number of nitrogens with one attached hydrogen (secondary N) is 1. The van der Waals surface area contributed by atoms with Crippen molar-refractivity contribution < 1.29 is 13.9 Å². The smallest absolute Gasteiger partial charge is 0.264 e. The van der Waals surface area contributed by atoms with E-state index in [4.69, 9.17) is 13.9 Å². The van der Waals surface area contributed by atoms with Gasteiger partial charge in [0, 0.05) is 17.8 Å². The Hall–Kier alpha value is -3.00. The van der Waals surface area contributed by atoms with E-state index in [9.17, 15) is 0 Å². The zero-order valence-electron chi connectivity index (χ0n) is 13.5. The van der Waals surface area contributed by atoms with Gasteiger partial charge in [0.05, 0.1) is 19.8 Å². The van der Waals surface area contributed by atoms with E-state index in [0.29, 0.717) is 27.7 Å². The summed E-state index contributed by atoms with van der Waals surface area (Å²) in [4.78, 5) is 8.89. The number of rotatable bonds is 5. The first kappa shape index (κ1) is 15.5. The highest BCUT2D eigenvalue weighted by Gasteiger charge is 2.15. The molecule has 0 saturated carbocycles. The number of oxazole rings is 1. The van der Waals surface area contributed by atoms with E-state index in [2.05, 4.69) is 20.2 Å². The number of methoxy groups -OCH3 is 2. The van der Waals surface area contributed by atoms with Crippen molar-refractivity contribution in [1.82, 2.24) is 20.2 Å². The molecular weight excluding hydrogens is 340 g/mol. The van der Waals surface area contributed by atoms with Crippen LogP contribution in [0.4, 0.5) is 0 Å². The van der Waals surface area contributed by atoms with E-state index in [-0.39, 0.29) is 0 Å². The normalized spacial score (nSPS) is 11.0. The lowest BCUT2D eigenvalue weighted by Gasteiger charge is -2.07. The van der Waals surface area contributed by atoms with Crippen LogP contribution in [0.5, 0.6) is 11.5 Å². The van der Waals surface area contributed by atoms with Crippen molar-refractivity contribution in [3.8, 4) is 22.9 Å². The summed E-state index contributed by atoms with van der Waals surface area (Å²) in [6, 6.07) is 13.1. The lowest BCUT2D eigenvalue weighted by atomic mass is 10.2. The Morgan fingerprint density at radius 1 is 1.04 bits per heavy atom. The molecular formula is C17H14N4O3S. The molecule has 0 bridgehead atoms. The lowest BCUT2D eigenvalue weighted by Crippen LogP contribution is -1.91. The number of benzene rings is 2. The maximum absolute atomic E-state index is 5.68. The highest BCUT2D eigenvalue weighted by molar-refractivity contribution is 7.98. The number of aromatic amines is 1. The van der Waals surface area contributed by atoms with Crippen molar-refractivity contribution in [2.24, 2.45) is 0 Å². The fourth-order valence-electron chi connectivity index (χ4n) is 2.38. The molecule has 0 atom stereocenters. The van der Waals surface area contributed by atoms with Crippen molar-refractivity contribution >= 4 is 22.9 Å². The third-order valence-electron chi connectivity index (χ3n) is 3.58. The molecule has 0 amide bonds. The lowest BCUT2D eigenvalue weighted by molar-refractivity contribution is 0.395. The van der Waals surface area contributed by atoms with Crippen LogP contribution in [0, 0.1) is 0 Å². The van der Waals surface area contributed by atoms with Gasteiger partial charge in [0.2, 0.25) is 5.16 Å². The van der Waals surface area contributed by atoms with E-state index in [0.717, 1.165) is 16.7 Å². The Bertz CT molecular complexity index is 995. The van der Waals surface area contributed by atoms with Gasteiger partial charge >= 0.3 is 0 Å². The second kappa shape index (κ2) is 6.48. The Labute approximate surface area is 147 Å². The molecule has 2 aromatic carbocycles. The molecule has 0 aliphatic heterocycles. The number of fused-ring (bicyclic) bond motifs is 1. The molecule has 0 spiro atoms. The van der Waals surface area contributed by atoms with Gasteiger partial charge in [-0.2, -0.15) is 0 Å². The fourth-order valence-corrected chi connectivity index (χ4v) is 3.04. The van der Waals surface area contributed by atoms with Gasteiger partial charge in [-0.1, -0.05) is 12.1 Å². The molecule has 4 rings (SSSR count). The second-order valence-corrected chi connectivity index (χ2v) is 6.00. The Morgan fingerprint density at radius 2 is 1.92 bits per heavy atom. The summed E-state index contributed by atoms with van der Waals surface area (Å²) in [7, 11) is 3.21. The first-order chi connectivity index (χ1) is 12.3. The van der Waals surface area contributed by atoms with Crippen LogP contribution in [-0.4, -0.2) is 34.4 Å². The van der Waals surface area contributed by atoms with Crippen molar-refractivity contribution in [3.05, 3.63) is 42.5 Å². The first-order valence-electron chi connectivity index (χ1n) is 7.45. The third kappa shape index (κ3) is 3.03. The summed E-state index contributed by atoms with van der Waals surface area (Å²) in [5.41, 5.74) is 2.33. The third-order valence-corrected chi connectivity index (χ3v) is 4.30. The summed E-state index contributed by atoms with van der Waals surface area (Å²) in [6.45, 7) is 0. The average Bonchev–Trinajstić information content (AvgIpc) is 3.27. The first-order valence-corrected chi connectivity index (χ1v) is 8.26. The van der Waals surface area contributed by atoms with Crippen molar-refractivity contribution in [2.45, 2.75) is 10.4 Å². The summed E-state index contributed by atoms with van der Waals surface area (Å²) < 4.78 is 16.3. The van der Waals surface area contributed by atoms with E-state index < -0.39 is 0 Å². The van der Waals surface area contributed by atoms with Gasteiger partial charge in [-0.3, -0.25) is 5.10 Å². The van der Waals surface area contributed by atoms with E-state index >= 15 is 0 Å². The van der Waals surface area contributed by atoms with Crippen molar-refractivity contribution in [3.63, 3.8) is 0 Å². The molecule has 126 valence electrons. The highest BCUT2D eigenvalue weighted by atomic mass is 32.2. The molecule has 4 aromatic rings. The average molecular weight is 354 g/mol. The summed E-state index contributed by atoms with van der Waals surface area (Å²) in [5, 5.41) is 8.14. The van der Waals surface area contributed by atoms with Gasteiger partial charge in [-0.15, -0.1) is 5.10 Å². The Morgan fingerprint density at radius 3 is 2.72 bits per heavy atom. The summed E-state index contributed by atoms with van der Waals surface area (Å²) in [6.07, 6.45) is 0. The number of ether oxygens (including phenoxy) is 2. The molecule has 2 aromatic heterocycles. The van der Waals surface area contributed by atoms with Crippen LogP contribution in [0.3, 0.4) is 0 Å².